The van der Waals surface area contributed by atoms with Crippen molar-refractivity contribution in [3.63, 3.8) is 0 Å². The summed E-state index contributed by atoms with van der Waals surface area (Å²) in [5, 5.41) is 0. The number of hydrogen-bond acceptors (Lipinski definition) is 5. The third kappa shape index (κ3) is 2.75. The van der Waals surface area contributed by atoms with E-state index in [9.17, 15) is 4.79 Å². The molecule has 22 heavy (non-hydrogen) atoms. The molecule has 1 aliphatic heterocycles. The predicted molar refractivity (Wildman–Crippen MR) is 81.5 cm³/mol. The van der Waals surface area contributed by atoms with E-state index in [1.807, 2.05) is 38.1 Å². The number of methoxy groups -OCH3 is 2. The average molecular weight is 309 g/mol. The maximum absolute atomic E-state index is 12.9. The molecule has 122 valence electrons. The van der Waals surface area contributed by atoms with E-state index >= 15 is 0 Å². The van der Waals surface area contributed by atoms with Crippen molar-refractivity contribution in [1.29, 1.82) is 0 Å². The van der Waals surface area contributed by atoms with Gasteiger partial charge in [-0.2, -0.15) is 0 Å². The van der Waals surface area contributed by atoms with Crippen LogP contribution in [0, 0.1) is 0 Å². The molecular formula is C16H23NO5. The molecule has 6 nitrogen and oxygen atoms in total. The molecule has 0 radical (unpaired) electrons. The largest absolute Gasteiger partial charge is 0.351 e. The summed E-state index contributed by atoms with van der Waals surface area (Å²) in [5.41, 5.74) is 1.44. The number of para-hydroxylation sites is 1. The van der Waals surface area contributed by atoms with E-state index in [1.165, 1.54) is 14.2 Å². The van der Waals surface area contributed by atoms with Gasteiger partial charge in [0, 0.05) is 33.0 Å². The van der Waals surface area contributed by atoms with Gasteiger partial charge in [-0.25, -0.2) is 0 Å². The molecule has 1 aliphatic rings. The zero-order valence-electron chi connectivity index (χ0n) is 13.5. The second-order valence-corrected chi connectivity index (χ2v) is 4.80. The Hall–Kier alpha value is -1.47. The molecule has 1 heterocycles. The van der Waals surface area contributed by atoms with Crippen LogP contribution in [0.5, 0.6) is 0 Å². The van der Waals surface area contributed by atoms with Crippen LogP contribution in [0.15, 0.2) is 24.3 Å². The minimum atomic E-state index is -1.40. The summed E-state index contributed by atoms with van der Waals surface area (Å²) in [6, 6.07) is 7.42. The van der Waals surface area contributed by atoms with Crippen LogP contribution in [0.1, 0.15) is 19.4 Å². The first-order valence-corrected chi connectivity index (χ1v) is 7.39. The average Bonchev–Trinajstić information content (AvgIpc) is 2.77. The summed E-state index contributed by atoms with van der Waals surface area (Å²) in [7, 11) is 2.93. The van der Waals surface area contributed by atoms with Crippen LogP contribution in [0.2, 0.25) is 0 Å². The van der Waals surface area contributed by atoms with E-state index in [0.717, 1.165) is 5.69 Å². The standard InChI is InChI=1S/C16H23NO5/c1-5-21-14(22-6-2)11-17-13-10-8-7-9-12(13)16(19-3,20-4)15(17)18/h7-10,14H,5-6,11H2,1-4H3. The van der Waals surface area contributed by atoms with Gasteiger partial charge in [-0.05, 0) is 19.9 Å². The summed E-state index contributed by atoms with van der Waals surface area (Å²) < 4.78 is 21.9. The second kappa shape index (κ2) is 7.19. The van der Waals surface area contributed by atoms with Crippen molar-refractivity contribution >= 4 is 11.6 Å². The lowest BCUT2D eigenvalue weighted by Crippen LogP contribution is -2.46. The van der Waals surface area contributed by atoms with Gasteiger partial charge in [0.25, 0.3) is 11.7 Å². The summed E-state index contributed by atoms with van der Waals surface area (Å²) in [6.45, 7) is 5.08. The number of carbonyl (C=O) groups is 1. The first kappa shape index (κ1) is 16.9. The second-order valence-electron chi connectivity index (χ2n) is 4.80. The van der Waals surface area contributed by atoms with Gasteiger partial charge in [0.05, 0.1) is 12.2 Å². The third-order valence-corrected chi connectivity index (χ3v) is 3.69. The highest BCUT2D eigenvalue weighted by molar-refractivity contribution is 6.06. The van der Waals surface area contributed by atoms with Crippen molar-refractivity contribution in [2.45, 2.75) is 25.9 Å². The van der Waals surface area contributed by atoms with Crippen molar-refractivity contribution < 1.29 is 23.7 Å². The minimum absolute atomic E-state index is 0.275. The number of ether oxygens (including phenoxy) is 4. The van der Waals surface area contributed by atoms with E-state index in [1.54, 1.807) is 4.90 Å². The Labute approximate surface area is 130 Å². The zero-order valence-corrected chi connectivity index (χ0v) is 13.5. The predicted octanol–water partition coefficient (Wildman–Crippen LogP) is 1.88. The van der Waals surface area contributed by atoms with Crippen molar-refractivity contribution in [3.8, 4) is 0 Å². The molecule has 1 amide bonds. The highest BCUT2D eigenvalue weighted by Crippen LogP contribution is 2.42. The molecule has 1 aromatic carbocycles. The van der Waals surface area contributed by atoms with E-state index in [2.05, 4.69) is 0 Å². The van der Waals surface area contributed by atoms with Crippen LogP contribution >= 0.6 is 0 Å². The first-order chi connectivity index (χ1) is 10.6. The highest BCUT2D eigenvalue weighted by atomic mass is 16.7. The molecule has 0 bridgehead atoms. The van der Waals surface area contributed by atoms with Crippen LogP contribution in [-0.2, 0) is 29.5 Å². The molecule has 0 N–H and O–H groups in total. The van der Waals surface area contributed by atoms with Gasteiger partial charge in [-0.3, -0.25) is 4.79 Å². The normalized spacial score (nSPS) is 16.4. The molecule has 0 aromatic heterocycles. The molecule has 0 atom stereocenters. The van der Waals surface area contributed by atoms with Gasteiger partial charge in [0.1, 0.15) is 0 Å². The van der Waals surface area contributed by atoms with Gasteiger partial charge in [-0.15, -0.1) is 0 Å². The monoisotopic (exact) mass is 309 g/mol. The summed E-state index contributed by atoms with van der Waals surface area (Å²) >= 11 is 0. The Bertz CT molecular complexity index is 509. The van der Waals surface area contributed by atoms with Crippen molar-refractivity contribution in [1.82, 2.24) is 0 Å². The van der Waals surface area contributed by atoms with Crippen molar-refractivity contribution in [2.75, 3.05) is 38.9 Å². The molecule has 0 aliphatic carbocycles. The number of benzene rings is 1. The van der Waals surface area contributed by atoms with Gasteiger partial charge in [-0.1, -0.05) is 18.2 Å². The van der Waals surface area contributed by atoms with E-state index in [0.29, 0.717) is 18.8 Å². The van der Waals surface area contributed by atoms with Crippen LogP contribution in [-0.4, -0.2) is 46.2 Å². The first-order valence-electron chi connectivity index (χ1n) is 7.39. The number of rotatable bonds is 8. The SMILES string of the molecule is CCOC(CN1C(=O)C(OC)(OC)c2ccccc21)OCC. The Morgan fingerprint density at radius 2 is 1.68 bits per heavy atom. The summed E-state index contributed by atoms with van der Waals surface area (Å²) in [6.07, 6.45) is -0.489. The molecule has 0 saturated carbocycles. The van der Waals surface area contributed by atoms with Crippen molar-refractivity contribution in [2.24, 2.45) is 0 Å². The quantitative estimate of drug-likeness (QED) is 0.686. The molecular weight excluding hydrogens is 286 g/mol. The van der Waals surface area contributed by atoms with Crippen LogP contribution < -0.4 is 4.90 Å². The highest BCUT2D eigenvalue weighted by Gasteiger charge is 2.52. The Morgan fingerprint density at radius 1 is 1.09 bits per heavy atom. The number of fused-ring (bicyclic) bond motifs is 1. The maximum Gasteiger partial charge on any atom is 0.292 e. The van der Waals surface area contributed by atoms with Gasteiger partial charge < -0.3 is 23.8 Å². The number of carbonyl (C=O) groups excluding carboxylic acids is 1. The molecule has 0 unspecified atom stereocenters. The fourth-order valence-corrected chi connectivity index (χ4v) is 2.72. The molecule has 0 fully saturated rings. The number of hydrogen-bond donors (Lipinski definition) is 0. The molecule has 0 saturated heterocycles. The van der Waals surface area contributed by atoms with E-state index < -0.39 is 12.1 Å². The zero-order chi connectivity index (χ0) is 16.2. The summed E-state index contributed by atoms with van der Waals surface area (Å²) in [4.78, 5) is 14.5. The smallest absolute Gasteiger partial charge is 0.292 e. The molecule has 1 aromatic rings. The lowest BCUT2D eigenvalue weighted by molar-refractivity contribution is -0.210. The molecule has 2 rings (SSSR count). The lowest BCUT2D eigenvalue weighted by atomic mass is 10.1. The van der Waals surface area contributed by atoms with Gasteiger partial charge in [0.2, 0.25) is 0 Å². The van der Waals surface area contributed by atoms with E-state index in [-0.39, 0.29) is 12.5 Å². The Kier molecular flexibility index (Phi) is 5.52. The minimum Gasteiger partial charge on any atom is -0.351 e. The van der Waals surface area contributed by atoms with Crippen molar-refractivity contribution in [3.05, 3.63) is 29.8 Å². The maximum atomic E-state index is 12.9. The number of anilines is 1. The fourth-order valence-electron chi connectivity index (χ4n) is 2.72. The van der Waals surface area contributed by atoms with Crippen LogP contribution in [0.25, 0.3) is 0 Å². The Morgan fingerprint density at radius 3 is 2.23 bits per heavy atom. The molecule has 0 spiro atoms. The number of amides is 1. The fraction of sp³-hybridized carbons (Fsp3) is 0.562. The Balaban J connectivity index is 2.35. The topological polar surface area (TPSA) is 57.2 Å². The van der Waals surface area contributed by atoms with Gasteiger partial charge >= 0.3 is 0 Å². The van der Waals surface area contributed by atoms with Crippen LogP contribution in [0.4, 0.5) is 5.69 Å². The van der Waals surface area contributed by atoms with E-state index in [4.69, 9.17) is 18.9 Å². The van der Waals surface area contributed by atoms with Crippen LogP contribution in [0.3, 0.4) is 0 Å². The van der Waals surface area contributed by atoms with Gasteiger partial charge in [0.15, 0.2) is 6.29 Å². The summed E-state index contributed by atoms with van der Waals surface area (Å²) in [5.74, 6) is -1.68. The number of nitrogens with zero attached hydrogens (tertiary/aromatic N) is 1. The third-order valence-electron chi connectivity index (χ3n) is 3.69. The molecule has 6 heteroatoms. The lowest BCUT2D eigenvalue weighted by Gasteiger charge is -2.27.